The molecule has 0 aromatic rings. The van der Waals surface area contributed by atoms with Gasteiger partial charge in [-0.2, -0.15) is 0 Å². The average Bonchev–Trinajstić information content (AvgIpc) is 2.63. The minimum absolute atomic E-state index is 0.0813. The standard InChI is InChI=1S/C11H21NO2/c1-9(13)8-12-11(14)7-6-10-4-2-3-5-10/h9-10,13H,2-8H2,1H3,(H,12,14)/t9-/m1/s1. The van der Waals surface area contributed by atoms with Crippen LogP contribution in [0.25, 0.3) is 0 Å². The van der Waals surface area contributed by atoms with Crippen molar-refractivity contribution in [3.8, 4) is 0 Å². The van der Waals surface area contributed by atoms with Gasteiger partial charge >= 0.3 is 0 Å². The summed E-state index contributed by atoms with van der Waals surface area (Å²) in [6, 6.07) is 0. The van der Waals surface area contributed by atoms with Gasteiger partial charge in [0.25, 0.3) is 0 Å². The van der Waals surface area contributed by atoms with E-state index in [1.54, 1.807) is 6.92 Å². The SMILES string of the molecule is C[C@@H](O)CNC(=O)CCC1CCCC1. The summed E-state index contributed by atoms with van der Waals surface area (Å²) in [6.07, 6.45) is 6.46. The molecule has 3 heteroatoms. The summed E-state index contributed by atoms with van der Waals surface area (Å²) in [4.78, 5) is 11.3. The quantitative estimate of drug-likeness (QED) is 0.704. The van der Waals surface area contributed by atoms with E-state index in [9.17, 15) is 4.79 Å². The third kappa shape index (κ3) is 4.61. The molecular weight excluding hydrogens is 178 g/mol. The zero-order valence-electron chi connectivity index (χ0n) is 8.96. The maximum absolute atomic E-state index is 11.3. The van der Waals surface area contributed by atoms with Gasteiger partial charge in [0, 0.05) is 13.0 Å². The minimum Gasteiger partial charge on any atom is -0.392 e. The highest BCUT2D eigenvalue weighted by Gasteiger charge is 2.15. The van der Waals surface area contributed by atoms with Gasteiger partial charge in [0.2, 0.25) is 5.91 Å². The predicted molar refractivity (Wildman–Crippen MR) is 55.9 cm³/mol. The van der Waals surface area contributed by atoms with Crippen molar-refractivity contribution in [3.05, 3.63) is 0 Å². The number of hydrogen-bond donors (Lipinski definition) is 2. The molecule has 0 heterocycles. The van der Waals surface area contributed by atoms with Crippen LogP contribution in [0.4, 0.5) is 0 Å². The molecule has 0 spiro atoms. The summed E-state index contributed by atoms with van der Waals surface area (Å²) in [5.74, 6) is 0.852. The summed E-state index contributed by atoms with van der Waals surface area (Å²) in [7, 11) is 0. The Balaban J connectivity index is 2.02. The molecule has 1 aliphatic carbocycles. The molecule has 3 nitrogen and oxygen atoms in total. The zero-order valence-corrected chi connectivity index (χ0v) is 8.96. The average molecular weight is 199 g/mol. The number of carbonyl (C=O) groups excluding carboxylic acids is 1. The molecule has 2 N–H and O–H groups in total. The summed E-state index contributed by atoms with van der Waals surface area (Å²) >= 11 is 0. The Morgan fingerprint density at radius 1 is 1.50 bits per heavy atom. The van der Waals surface area contributed by atoms with Gasteiger partial charge in [-0.1, -0.05) is 25.7 Å². The van der Waals surface area contributed by atoms with Gasteiger partial charge < -0.3 is 10.4 Å². The van der Waals surface area contributed by atoms with Crippen molar-refractivity contribution in [1.82, 2.24) is 5.32 Å². The largest absolute Gasteiger partial charge is 0.392 e. The van der Waals surface area contributed by atoms with E-state index in [4.69, 9.17) is 5.11 Å². The Morgan fingerprint density at radius 2 is 2.14 bits per heavy atom. The van der Waals surface area contributed by atoms with Crippen LogP contribution in [-0.2, 0) is 4.79 Å². The second kappa shape index (κ2) is 6.02. The van der Waals surface area contributed by atoms with E-state index in [0.717, 1.165) is 12.3 Å². The van der Waals surface area contributed by atoms with Gasteiger partial charge in [-0.25, -0.2) is 0 Å². The molecule has 0 aromatic heterocycles. The number of aliphatic hydroxyl groups is 1. The van der Waals surface area contributed by atoms with Gasteiger partial charge in [0.15, 0.2) is 0 Å². The molecule has 1 aliphatic rings. The normalized spacial score (nSPS) is 19.6. The second-order valence-electron chi connectivity index (χ2n) is 4.34. The van der Waals surface area contributed by atoms with Gasteiger partial charge in [-0.3, -0.25) is 4.79 Å². The Bertz CT molecular complexity index is 174. The Labute approximate surface area is 85.9 Å². The lowest BCUT2D eigenvalue weighted by Gasteiger charge is -2.09. The highest BCUT2D eigenvalue weighted by molar-refractivity contribution is 5.75. The third-order valence-electron chi connectivity index (χ3n) is 2.85. The fourth-order valence-corrected chi connectivity index (χ4v) is 1.98. The lowest BCUT2D eigenvalue weighted by atomic mass is 10.0. The van der Waals surface area contributed by atoms with E-state index in [0.29, 0.717) is 13.0 Å². The molecule has 1 atom stereocenters. The van der Waals surface area contributed by atoms with E-state index in [2.05, 4.69) is 5.32 Å². The van der Waals surface area contributed by atoms with Crippen molar-refractivity contribution in [1.29, 1.82) is 0 Å². The van der Waals surface area contributed by atoms with Crippen LogP contribution in [0.5, 0.6) is 0 Å². The molecule has 0 bridgehead atoms. The van der Waals surface area contributed by atoms with Gasteiger partial charge in [-0.15, -0.1) is 0 Å². The molecule has 14 heavy (non-hydrogen) atoms. The molecule has 1 fully saturated rings. The number of hydrogen-bond acceptors (Lipinski definition) is 2. The Morgan fingerprint density at radius 3 is 2.71 bits per heavy atom. The third-order valence-corrected chi connectivity index (χ3v) is 2.85. The fourth-order valence-electron chi connectivity index (χ4n) is 1.98. The zero-order chi connectivity index (χ0) is 10.4. The van der Waals surface area contributed by atoms with Crippen LogP contribution in [0.1, 0.15) is 45.4 Å². The number of aliphatic hydroxyl groups excluding tert-OH is 1. The van der Waals surface area contributed by atoms with Gasteiger partial charge in [0.05, 0.1) is 6.10 Å². The first-order valence-corrected chi connectivity index (χ1v) is 5.63. The highest BCUT2D eigenvalue weighted by atomic mass is 16.3. The number of rotatable bonds is 5. The van der Waals surface area contributed by atoms with Crippen LogP contribution in [0.3, 0.4) is 0 Å². The lowest BCUT2D eigenvalue weighted by molar-refractivity contribution is -0.121. The molecule has 1 rings (SSSR count). The molecule has 82 valence electrons. The van der Waals surface area contributed by atoms with Crippen LogP contribution in [0, 0.1) is 5.92 Å². The van der Waals surface area contributed by atoms with Crippen molar-refractivity contribution in [2.24, 2.45) is 5.92 Å². The van der Waals surface area contributed by atoms with Crippen LogP contribution >= 0.6 is 0 Å². The van der Waals surface area contributed by atoms with E-state index in [1.807, 2.05) is 0 Å². The maximum atomic E-state index is 11.3. The van der Waals surface area contributed by atoms with Crippen LogP contribution in [-0.4, -0.2) is 23.7 Å². The molecule has 1 amide bonds. The molecule has 0 radical (unpaired) electrons. The number of amides is 1. The topological polar surface area (TPSA) is 49.3 Å². The molecular formula is C11H21NO2. The smallest absolute Gasteiger partial charge is 0.220 e. The first-order valence-electron chi connectivity index (χ1n) is 5.63. The summed E-state index contributed by atoms with van der Waals surface area (Å²) < 4.78 is 0. The van der Waals surface area contributed by atoms with Crippen molar-refractivity contribution in [3.63, 3.8) is 0 Å². The minimum atomic E-state index is -0.439. The number of nitrogens with one attached hydrogen (secondary N) is 1. The Hall–Kier alpha value is -0.570. The van der Waals surface area contributed by atoms with Crippen molar-refractivity contribution >= 4 is 5.91 Å². The molecule has 0 aliphatic heterocycles. The second-order valence-corrected chi connectivity index (χ2v) is 4.34. The predicted octanol–water partition coefficient (Wildman–Crippen LogP) is 1.45. The maximum Gasteiger partial charge on any atom is 0.220 e. The summed E-state index contributed by atoms with van der Waals surface area (Å²) in [6.45, 7) is 2.06. The monoisotopic (exact) mass is 199 g/mol. The van der Waals surface area contributed by atoms with Crippen molar-refractivity contribution in [2.75, 3.05) is 6.54 Å². The van der Waals surface area contributed by atoms with Gasteiger partial charge in [-0.05, 0) is 19.3 Å². The lowest BCUT2D eigenvalue weighted by Crippen LogP contribution is -2.30. The fraction of sp³-hybridized carbons (Fsp3) is 0.909. The van der Waals surface area contributed by atoms with Crippen molar-refractivity contribution in [2.45, 2.75) is 51.6 Å². The van der Waals surface area contributed by atoms with E-state index in [1.165, 1.54) is 25.7 Å². The molecule has 1 saturated carbocycles. The first kappa shape index (κ1) is 11.5. The Kier molecular flexibility index (Phi) is 4.94. The summed E-state index contributed by atoms with van der Waals surface area (Å²) in [5, 5.41) is 11.7. The van der Waals surface area contributed by atoms with Crippen LogP contribution in [0.2, 0.25) is 0 Å². The van der Waals surface area contributed by atoms with E-state index < -0.39 is 6.10 Å². The molecule has 0 unspecified atom stereocenters. The van der Waals surface area contributed by atoms with Crippen molar-refractivity contribution < 1.29 is 9.90 Å². The molecule has 0 aromatic carbocycles. The van der Waals surface area contributed by atoms with E-state index >= 15 is 0 Å². The van der Waals surface area contributed by atoms with Crippen LogP contribution < -0.4 is 5.32 Å². The summed E-state index contributed by atoms with van der Waals surface area (Å²) in [5.41, 5.74) is 0. The first-order chi connectivity index (χ1) is 6.68. The van der Waals surface area contributed by atoms with E-state index in [-0.39, 0.29) is 5.91 Å². The van der Waals surface area contributed by atoms with Gasteiger partial charge in [0.1, 0.15) is 0 Å². The molecule has 0 saturated heterocycles. The van der Waals surface area contributed by atoms with Crippen LogP contribution in [0.15, 0.2) is 0 Å². The number of carbonyl (C=O) groups is 1. The highest BCUT2D eigenvalue weighted by Crippen LogP contribution is 2.28.